The second kappa shape index (κ2) is 9.49. The topological polar surface area (TPSA) is 81.2 Å². The summed E-state index contributed by atoms with van der Waals surface area (Å²) in [6.45, 7) is 1.02. The minimum atomic E-state index is -0.261. The van der Waals surface area contributed by atoms with Gasteiger partial charge in [-0.25, -0.2) is 0 Å². The van der Waals surface area contributed by atoms with Crippen LogP contribution in [0.1, 0.15) is 12.0 Å². The molecule has 7 nitrogen and oxygen atoms in total. The number of carbonyl (C=O) groups is 1. The van der Waals surface area contributed by atoms with E-state index < -0.39 is 0 Å². The van der Waals surface area contributed by atoms with Gasteiger partial charge in [0.05, 0.1) is 27.8 Å². The van der Waals surface area contributed by atoms with Crippen LogP contribution in [-0.2, 0) is 16.1 Å². The van der Waals surface area contributed by atoms with Crippen LogP contribution in [0.3, 0.4) is 0 Å². The highest BCUT2D eigenvalue weighted by molar-refractivity contribution is 5.80. The number of aliphatic imine (C=N–C) groups is 1. The molecule has 122 valence electrons. The van der Waals surface area contributed by atoms with Gasteiger partial charge in [-0.15, -0.1) is 0 Å². The van der Waals surface area contributed by atoms with Crippen molar-refractivity contribution in [1.82, 2.24) is 10.6 Å². The Bertz CT molecular complexity index is 518. The lowest BCUT2D eigenvalue weighted by Gasteiger charge is -2.13. The summed E-state index contributed by atoms with van der Waals surface area (Å²) in [6, 6.07) is 5.69. The summed E-state index contributed by atoms with van der Waals surface area (Å²) in [7, 11) is 6.24. The molecule has 0 aromatic heterocycles. The molecule has 2 N–H and O–H groups in total. The van der Waals surface area contributed by atoms with E-state index in [1.165, 1.54) is 7.11 Å². The van der Waals surface area contributed by atoms with Crippen molar-refractivity contribution in [3.05, 3.63) is 23.8 Å². The van der Waals surface area contributed by atoms with Gasteiger partial charge < -0.3 is 24.8 Å². The fourth-order valence-electron chi connectivity index (χ4n) is 1.78. The predicted octanol–water partition coefficient (Wildman–Crippen LogP) is 0.932. The van der Waals surface area contributed by atoms with E-state index in [2.05, 4.69) is 20.4 Å². The van der Waals surface area contributed by atoms with Gasteiger partial charge in [0.15, 0.2) is 17.5 Å². The molecule has 0 heterocycles. The standard InChI is InChI=1S/C15H23N3O4/c1-16-15(17-8-7-14(19)22-4)18-10-11-5-6-12(20-2)13(9-11)21-3/h5-6,9H,7-8,10H2,1-4H3,(H2,16,17,18). The molecule has 0 atom stereocenters. The zero-order chi connectivity index (χ0) is 16.4. The average molecular weight is 309 g/mol. The predicted molar refractivity (Wildman–Crippen MR) is 84.4 cm³/mol. The molecule has 0 amide bonds. The number of benzene rings is 1. The highest BCUT2D eigenvalue weighted by Crippen LogP contribution is 2.27. The first-order chi connectivity index (χ1) is 10.6. The molecule has 0 saturated carbocycles. The SMILES string of the molecule is CN=C(NCCC(=O)OC)NCc1ccc(OC)c(OC)c1. The summed E-state index contributed by atoms with van der Waals surface area (Å²) in [6.07, 6.45) is 0.285. The maximum atomic E-state index is 11.0. The van der Waals surface area contributed by atoms with Crippen LogP contribution >= 0.6 is 0 Å². The summed E-state index contributed by atoms with van der Waals surface area (Å²) in [5.41, 5.74) is 1.02. The molecule has 0 aliphatic heterocycles. The highest BCUT2D eigenvalue weighted by atomic mass is 16.5. The molecule has 1 aromatic carbocycles. The highest BCUT2D eigenvalue weighted by Gasteiger charge is 2.06. The van der Waals surface area contributed by atoms with Crippen molar-refractivity contribution in [3.63, 3.8) is 0 Å². The number of nitrogens with one attached hydrogen (secondary N) is 2. The number of rotatable bonds is 7. The van der Waals surface area contributed by atoms with Crippen molar-refractivity contribution < 1.29 is 19.0 Å². The summed E-state index contributed by atoms with van der Waals surface area (Å²) in [5, 5.41) is 6.19. The number of methoxy groups -OCH3 is 3. The molecule has 0 radical (unpaired) electrons. The van der Waals surface area contributed by atoms with Crippen LogP contribution in [0, 0.1) is 0 Å². The fourth-order valence-corrected chi connectivity index (χ4v) is 1.78. The molecule has 0 spiro atoms. The summed E-state index contributed by atoms with van der Waals surface area (Å²) < 4.78 is 15.0. The summed E-state index contributed by atoms with van der Waals surface area (Å²) in [4.78, 5) is 15.1. The molecule has 0 unspecified atom stereocenters. The number of carbonyl (C=O) groups excluding carboxylic acids is 1. The molecule has 7 heteroatoms. The maximum absolute atomic E-state index is 11.0. The van der Waals surface area contributed by atoms with Gasteiger partial charge in [0.25, 0.3) is 0 Å². The first-order valence-corrected chi connectivity index (χ1v) is 6.86. The fraction of sp³-hybridized carbons (Fsp3) is 0.467. The zero-order valence-electron chi connectivity index (χ0n) is 13.4. The Morgan fingerprint density at radius 1 is 1.14 bits per heavy atom. The third-order valence-electron chi connectivity index (χ3n) is 2.98. The summed E-state index contributed by atoms with van der Waals surface area (Å²) >= 11 is 0. The van der Waals surface area contributed by atoms with Crippen LogP contribution in [0.25, 0.3) is 0 Å². The molecule has 1 rings (SSSR count). The number of guanidine groups is 1. The van der Waals surface area contributed by atoms with Gasteiger partial charge in [-0.3, -0.25) is 9.79 Å². The zero-order valence-corrected chi connectivity index (χ0v) is 13.4. The van der Waals surface area contributed by atoms with Crippen LogP contribution < -0.4 is 20.1 Å². The van der Waals surface area contributed by atoms with Gasteiger partial charge in [0.1, 0.15) is 0 Å². The van der Waals surface area contributed by atoms with Crippen molar-refractivity contribution >= 4 is 11.9 Å². The average Bonchev–Trinajstić information content (AvgIpc) is 2.57. The van der Waals surface area contributed by atoms with Crippen molar-refractivity contribution in [2.24, 2.45) is 4.99 Å². The van der Waals surface area contributed by atoms with Gasteiger partial charge in [-0.05, 0) is 17.7 Å². The van der Waals surface area contributed by atoms with E-state index in [9.17, 15) is 4.79 Å². The van der Waals surface area contributed by atoms with Crippen LogP contribution in [0.4, 0.5) is 0 Å². The summed E-state index contributed by atoms with van der Waals surface area (Å²) in [5.74, 6) is 1.71. The lowest BCUT2D eigenvalue weighted by Crippen LogP contribution is -2.37. The van der Waals surface area contributed by atoms with Gasteiger partial charge in [0, 0.05) is 20.1 Å². The molecule has 1 aromatic rings. The van der Waals surface area contributed by atoms with Crippen molar-refractivity contribution in [2.75, 3.05) is 34.9 Å². The smallest absolute Gasteiger partial charge is 0.307 e. The van der Waals surface area contributed by atoms with Crippen molar-refractivity contribution in [1.29, 1.82) is 0 Å². The van der Waals surface area contributed by atoms with Crippen LogP contribution in [0.5, 0.6) is 11.5 Å². The third kappa shape index (κ3) is 5.51. The van der Waals surface area contributed by atoms with Crippen LogP contribution in [-0.4, -0.2) is 46.9 Å². The Balaban J connectivity index is 2.51. The second-order valence-electron chi connectivity index (χ2n) is 4.37. The number of ether oxygens (including phenoxy) is 3. The van der Waals surface area contributed by atoms with E-state index >= 15 is 0 Å². The largest absolute Gasteiger partial charge is 0.493 e. The Kier molecular flexibility index (Phi) is 7.60. The van der Waals surface area contributed by atoms with Gasteiger partial charge in [-0.1, -0.05) is 6.07 Å². The quantitative estimate of drug-likeness (QED) is 0.443. The lowest BCUT2D eigenvalue weighted by molar-refractivity contribution is -0.140. The number of nitrogens with zero attached hydrogens (tertiary/aromatic N) is 1. The Morgan fingerprint density at radius 2 is 1.86 bits per heavy atom. The van der Waals surface area contributed by atoms with E-state index in [0.29, 0.717) is 30.5 Å². The molecule has 22 heavy (non-hydrogen) atoms. The Morgan fingerprint density at radius 3 is 2.45 bits per heavy atom. The molecule has 0 aliphatic rings. The Labute approximate surface area is 130 Å². The molecule has 0 saturated heterocycles. The third-order valence-corrected chi connectivity index (χ3v) is 2.98. The van der Waals surface area contributed by atoms with Gasteiger partial charge in [-0.2, -0.15) is 0 Å². The monoisotopic (exact) mass is 309 g/mol. The molecule has 0 fully saturated rings. The minimum absolute atomic E-state index is 0.261. The van der Waals surface area contributed by atoms with E-state index in [1.807, 2.05) is 18.2 Å². The van der Waals surface area contributed by atoms with Gasteiger partial charge >= 0.3 is 5.97 Å². The normalized spacial score (nSPS) is 10.8. The number of hydrogen-bond acceptors (Lipinski definition) is 5. The maximum Gasteiger partial charge on any atom is 0.307 e. The molecular formula is C15H23N3O4. The van der Waals surface area contributed by atoms with Crippen molar-refractivity contribution in [3.8, 4) is 11.5 Å². The van der Waals surface area contributed by atoms with E-state index in [-0.39, 0.29) is 12.4 Å². The Hall–Kier alpha value is -2.44. The first-order valence-electron chi connectivity index (χ1n) is 6.86. The number of esters is 1. The van der Waals surface area contributed by atoms with E-state index in [4.69, 9.17) is 9.47 Å². The van der Waals surface area contributed by atoms with Crippen LogP contribution in [0.2, 0.25) is 0 Å². The lowest BCUT2D eigenvalue weighted by atomic mass is 10.2. The minimum Gasteiger partial charge on any atom is -0.493 e. The first kappa shape index (κ1) is 17.6. The molecular weight excluding hydrogens is 286 g/mol. The van der Waals surface area contributed by atoms with E-state index in [0.717, 1.165) is 5.56 Å². The van der Waals surface area contributed by atoms with Crippen molar-refractivity contribution in [2.45, 2.75) is 13.0 Å². The van der Waals surface area contributed by atoms with Gasteiger partial charge in [0.2, 0.25) is 0 Å². The molecule has 0 bridgehead atoms. The second-order valence-corrected chi connectivity index (χ2v) is 4.37. The molecule has 0 aliphatic carbocycles. The van der Waals surface area contributed by atoms with Crippen LogP contribution in [0.15, 0.2) is 23.2 Å². The van der Waals surface area contributed by atoms with E-state index in [1.54, 1.807) is 21.3 Å². The number of hydrogen-bond donors (Lipinski definition) is 2.